The van der Waals surface area contributed by atoms with Gasteiger partial charge >= 0.3 is 6.18 Å². The summed E-state index contributed by atoms with van der Waals surface area (Å²) < 4.78 is 74.6. The van der Waals surface area contributed by atoms with E-state index in [-0.39, 0.29) is 23.7 Å². The number of carbonyl (C=O) groups is 1. The Morgan fingerprint density at radius 1 is 1.17 bits per heavy atom. The summed E-state index contributed by atoms with van der Waals surface area (Å²) in [5, 5.41) is 0. The van der Waals surface area contributed by atoms with Crippen molar-refractivity contribution in [2.45, 2.75) is 32.4 Å². The van der Waals surface area contributed by atoms with Crippen LogP contribution in [0.15, 0.2) is 18.2 Å². The molecule has 130 valence electrons. The zero-order chi connectivity index (χ0) is 17.6. The zero-order valence-electron chi connectivity index (χ0n) is 12.6. The summed E-state index contributed by atoms with van der Waals surface area (Å²) in [5.41, 5.74) is -0.894. The Hall–Kier alpha value is -1.70. The zero-order valence-corrected chi connectivity index (χ0v) is 12.6. The van der Waals surface area contributed by atoms with Gasteiger partial charge in [-0.25, -0.2) is 8.78 Å². The van der Waals surface area contributed by atoms with E-state index in [4.69, 9.17) is 4.74 Å². The van der Waals surface area contributed by atoms with Crippen LogP contribution in [-0.2, 0) is 15.7 Å². The number of carbonyl (C=O) groups excluding carboxylic acids is 1. The van der Waals surface area contributed by atoms with E-state index in [1.807, 2.05) is 0 Å². The topological polar surface area (TPSA) is 35.5 Å². The molecule has 0 aliphatic rings. The molecule has 1 aromatic carbocycles. The molecule has 8 heteroatoms. The van der Waals surface area contributed by atoms with Crippen LogP contribution in [0.4, 0.5) is 22.0 Å². The van der Waals surface area contributed by atoms with Gasteiger partial charge in [0.15, 0.2) is 18.1 Å². The number of hydrogen-bond donors (Lipinski definition) is 0. The lowest BCUT2D eigenvalue weighted by molar-refractivity contribution is -0.138. The second-order valence-corrected chi connectivity index (χ2v) is 5.03. The lowest BCUT2D eigenvalue weighted by Gasteiger charge is -2.16. The summed E-state index contributed by atoms with van der Waals surface area (Å²) in [6.45, 7) is 0.797. The predicted octanol–water partition coefficient (Wildman–Crippen LogP) is 3.67. The molecule has 0 aromatic heterocycles. The van der Waals surface area contributed by atoms with Crippen molar-refractivity contribution < 1.29 is 36.2 Å². The lowest BCUT2D eigenvalue weighted by atomic mass is 10.1. The van der Waals surface area contributed by atoms with Gasteiger partial charge in [-0.3, -0.25) is 4.79 Å². The van der Waals surface area contributed by atoms with Crippen LogP contribution in [0.2, 0.25) is 0 Å². The van der Waals surface area contributed by atoms with Crippen LogP contribution in [-0.4, -0.2) is 37.9 Å². The molecular weight excluding hydrogens is 323 g/mol. The van der Waals surface area contributed by atoms with Gasteiger partial charge < -0.3 is 9.47 Å². The molecule has 0 bridgehead atoms. The van der Waals surface area contributed by atoms with Crippen molar-refractivity contribution in [3.05, 3.63) is 29.3 Å². The maximum atomic E-state index is 13.5. The number of benzene rings is 1. The highest BCUT2D eigenvalue weighted by Crippen LogP contribution is 2.34. The van der Waals surface area contributed by atoms with E-state index in [0.717, 1.165) is 6.07 Å². The van der Waals surface area contributed by atoms with Crippen LogP contribution in [0.5, 0.6) is 5.75 Å². The van der Waals surface area contributed by atoms with Crippen molar-refractivity contribution in [3.8, 4) is 5.75 Å². The first-order chi connectivity index (χ1) is 10.6. The van der Waals surface area contributed by atoms with E-state index in [2.05, 4.69) is 4.74 Å². The van der Waals surface area contributed by atoms with Gasteiger partial charge in [0, 0.05) is 0 Å². The molecule has 1 rings (SSSR count). The average Bonchev–Trinajstić information content (AvgIpc) is 2.44. The first kappa shape index (κ1) is 19.3. The number of alkyl halides is 5. The van der Waals surface area contributed by atoms with Crippen molar-refractivity contribution in [1.82, 2.24) is 0 Å². The first-order valence-electron chi connectivity index (χ1n) is 6.77. The molecule has 0 N–H and O–H groups in total. The van der Waals surface area contributed by atoms with Gasteiger partial charge in [0.25, 0.3) is 0 Å². The Morgan fingerprint density at radius 3 is 2.35 bits per heavy atom. The molecule has 0 saturated heterocycles. The minimum Gasteiger partial charge on any atom is -0.490 e. The van der Waals surface area contributed by atoms with E-state index in [1.54, 1.807) is 0 Å². The quantitative estimate of drug-likeness (QED) is 0.678. The fourth-order valence-corrected chi connectivity index (χ4v) is 1.70. The third-order valence-corrected chi connectivity index (χ3v) is 2.90. The number of ether oxygens (including phenoxy) is 2. The van der Waals surface area contributed by atoms with Crippen LogP contribution in [0.1, 0.15) is 18.1 Å². The van der Waals surface area contributed by atoms with E-state index in [0.29, 0.717) is 0 Å². The monoisotopic (exact) mass is 340 g/mol. The van der Waals surface area contributed by atoms with Gasteiger partial charge in [0.05, 0.1) is 12.2 Å². The van der Waals surface area contributed by atoms with Crippen molar-refractivity contribution in [2.75, 3.05) is 19.8 Å². The molecular formula is C15H17F5O3. The third-order valence-electron chi connectivity index (χ3n) is 2.90. The smallest absolute Gasteiger partial charge is 0.416 e. The summed E-state index contributed by atoms with van der Waals surface area (Å²) >= 11 is 0. The van der Waals surface area contributed by atoms with Crippen molar-refractivity contribution in [1.29, 1.82) is 0 Å². The third kappa shape index (κ3) is 6.52. The van der Waals surface area contributed by atoms with Gasteiger partial charge in [-0.2, -0.15) is 13.2 Å². The minimum atomic E-state index is -4.55. The summed E-state index contributed by atoms with van der Waals surface area (Å²) in [6, 6.07) is 3.17. The van der Waals surface area contributed by atoms with Gasteiger partial charge in [-0.15, -0.1) is 0 Å². The fourth-order valence-electron chi connectivity index (χ4n) is 1.70. The Balaban J connectivity index is 2.56. The number of ketones is 1. The molecule has 0 heterocycles. The number of hydrogen-bond acceptors (Lipinski definition) is 3. The summed E-state index contributed by atoms with van der Waals surface area (Å²) in [5.74, 6) is -0.536. The minimum absolute atomic E-state index is 0.00245. The SMILES string of the molecule is CC(=O)COCC(F)C(F)COc1ccc(C)c(C(F)(F)F)c1. The highest BCUT2D eigenvalue weighted by atomic mass is 19.4. The van der Waals surface area contributed by atoms with E-state index in [1.165, 1.54) is 26.0 Å². The molecule has 2 unspecified atom stereocenters. The highest BCUT2D eigenvalue weighted by Gasteiger charge is 2.32. The Labute approximate surface area is 130 Å². The van der Waals surface area contributed by atoms with Crippen LogP contribution in [0.3, 0.4) is 0 Å². The van der Waals surface area contributed by atoms with Gasteiger partial charge in [-0.05, 0) is 31.5 Å². The van der Waals surface area contributed by atoms with Crippen LogP contribution in [0, 0.1) is 6.92 Å². The van der Waals surface area contributed by atoms with Crippen molar-refractivity contribution >= 4 is 5.78 Å². The number of rotatable bonds is 8. The predicted molar refractivity (Wildman–Crippen MR) is 73.0 cm³/mol. The normalized spacial score (nSPS) is 14.4. The molecule has 0 fully saturated rings. The van der Waals surface area contributed by atoms with Crippen molar-refractivity contribution in [2.24, 2.45) is 0 Å². The Morgan fingerprint density at radius 2 is 1.78 bits per heavy atom. The molecule has 0 radical (unpaired) electrons. The number of halogens is 5. The van der Waals surface area contributed by atoms with Gasteiger partial charge in [0.2, 0.25) is 0 Å². The molecule has 0 spiro atoms. The van der Waals surface area contributed by atoms with Gasteiger partial charge in [-0.1, -0.05) is 6.07 Å². The van der Waals surface area contributed by atoms with Crippen LogP contribution >= 0.6 is 0 Å². The summed E-state index contributed by atoms with van der Waals surface area (Å²) in [4.78, 5) is 10.6. The van der Waals surface area contributed by atoms with E-state index in [9.17, 15) is 26.7 Å². The molecule has 2 atom stereocenters. The first-order valence-corrected chi connectivity index (χ1v) is 6.77. The van der Waals surface area contributed by atoms with Gasteiger partial charge in [0.1, 0.15) is 19.0 Å². The Kier molecular flexibility index (Phi) is 6.93. The van der Waals surface area contributed by atoms with Crippen LogP contribution in [0.25, 0.3) is 0 Å². The fraction of sp³-hybridized carbons (Fsp3) is 0.533. The highest BCUT2D eigenvalue weighted by molar-refractivity contribution is 5.76. The average molecular weight is 340 g/mol. The standard InChI is InChI=1S/C15H17F5O3/c1-9-3-4-11(5-12(9)15(18,19)20)23-8-14(17)13(16)7-22-6-10(2)21/h3-5,13-14H,6-8H2,1-2H3. The Bertz CT molecular complexity index is 530. The largest absolute Gasteiger partial charge is 0.490 e. The summed E-state index contributed by atoms with van der Waals surface area (Å²) in [6.07, 6.45) is -8.68. The molecule has 0 aliphatic heterocycles. The maximum Gasteiger partial charge on any atom is 0.416 e. The molecule has 0 aliphatic carbocycles. The second-order valence-electron chi connectivity index (χ2n) is 5.03. The molecule has 23 heavy (non-hydrogen) atoms. The number of Topliss-reactive ketones (excluding diaryl/α,β-unsaturated/α-hetero) is 1. The van der Waals surface area contributed by atoms with E-state index >= 15 is 0 Å². The van der Waals surface area contributed by atoms with Crippen LogP contribution < -0.4 is 4.74 Å². The molecule has 3 nitrogen and oxygen atoms in total. The van der Waals surface area contributed by atoms with Crippen molar-refractivity contribution in [3.63, 3.8) is 0 Å². The summed E-state index contributed by atoms with van der Waals surface area (Å²) in [7, 11) is 0. The maximum absolute atomic E-state index is 13.5. The number of aryl methyl sites for hydroxylation is 1. The molecule has 0 saturated carbocycles. The molecule has 0 amide bonds. The van der Waals surface area contributed by atoms with E-state index < -0.39 is 37.3 Å². The lowest BCUT2D eigenvalue weighted by Crippen LogP contribution is -2.29. The molecule has 1 aromatic rings. The second kappa shape index (κ2) is 8.24.